The van der Waals surface area contributed by atoms with E-state index in [9.17, 15) is 19.5 Å². The Morgan fingerprint density at radius 2 is 1.63 bits per heavy atom. The summed E-state index contributed by atoms with van der Waals surface area (Å²) in [6.07, 6.45) is 12.4. The molecule has 8 nitrogen and oxygen atoms in total. The van der Waals surface area contributed by atoms with Gasteiger partial charge in [0, 0.05) is 18.3 Å². The Labute approximate surface area is 322 Å². The molecule has 292 valence electrons. The SMILES string of the molecule is C=C(C)C1CC[C@]2(C(=O)NCCc3cccc(C(=O)NCc4ccc(C(=O)O)cn4)c3)CC[C@]3(C)C(CCC4[C@@]5(C)CC[C@H](O)C(C)(C)C5CC[C@]43C)C12. The number of aromatic nitrogens is 1. The van der Waals surface area contributed by atoms with Crippen LogP contribution in [0.1, 0.15) is 138 Å². The van der Waals surface area contributed by atoms with Crippen LogP contribution in [0, 0.1) is 56.7 Å². The van der Waals surface area contributed by atoms with Crippen LogP contribution in [-0.2, 0) is 17.8 Å². The second-order valence-electron chi connectivity index (χ2n) is 19.5. The van der Waals surface area contributed by atoms with Gasteiger partial charge in [-0.2, -0.15) is 0 Å². The number of rotatable bonds is 9. The molecule has 4 N–H and O–H groups in total. The number of carbonyl (C=O) groups excluding carboxylic acids is 2. The van der Waals surface area contributed by atoms with E-state index in [1.54, 1.807) is 12.1 Å². The Kier molecular flexibility index (Phi) is 9.97. The predicted molar refractivity (Wildman–Crippen MR) is 210 cm³/mol. The molecular formula is C46H63N3O5. The van der Waals surface area contributed by atoms with Gasteiger partial charge in [-0.3, -0.25) is 14.6 Å². The maximum absolute atomic E-state index is 14.6. The first-order valence-corrected chi connectivity index (χ1v) is 20.6. The Hall–Kier alpha value is -3.52. The highest BCUT2D eigenvalue weighted by Crippen LogP contribution is 2.77. The number of hydrogen-bond acceptors (Lipinski definition) is 5. The van der Waals surface area contributed by atoms with Gasteiger partial charge in [0.2, 0.25) is 5.91 Å². The number of amides is 2. The summed E-state index contributed by atoms with van der Waals surface area (Å²) in [6.45, 7) is 19.9. The summed E-state index contributed by atoms with van der Waals surface area (Å²) in [5.74, 6) is 1.23. The van der Waals surface area contributed by atoms with Crippen LogP contribution in [0.15, 0.2) is 54.7 Å². The minimum Gasteiger partial charge on any atom is -0.478 e. The number of carboxylic acid groups (broad SMARTS) is 1. The highest BCUT2D eigenvalue weighted by molar-refractivity contribution is 5.94. The fraction of sp³-hybridized carbons (Fsp3) is 0.652. The van der Waals surface area contributed by atoms with E-state index >= 15 is 0 Å². The van der Waals surface area contributed by atoms with Crippen LogP contribution in [0.25, 0.3) is 0 Å². The maximum Gasteiger partial charge on any atom is 0.337 e. The van der Waals surface area contributed by atoms with Gasteiger partial charge >= 0.3 is 5.97 Å². The van der Waals surface area contributed by atoms with E-state index in [2.05, 4.69) is 63.7 Å². The number of fused-ring (bicyclic) bond motifs is 7. The molecular weight excluding hydrogens is 675 g/mol. The standard InChI is InChI=1S/C46H63N3O5/c1-28(2)33-15-21-46(41(54)47-24-18-29-9-8-10-30(25-29)39(51)49-27-32-12-11-31(26-48-32)40(52)53)23-22-44(6)34(38(33)46)13-14-36-43(5)19-17-37(50)42(3,4)35(43)16-20-45(36,44)7/h8-12,25-26,33-38,50H,1,13-24,27H2,2-7H3,(H,47,54)(H,49,51)(H,52,53)/t33?,34?,35?,36?,37-,38?,43-,44+,45+,46-/m0/s1. The van der Waals surface area contributed by atoms with E-state index in [0.717, 1.165) is 44.1 Å². The Bertz CT molecular complexity index is 1810. The minimum atomic E-state index is -1.04. The van der Waals surface area contributed by atoms with Crippen LogP contribution in [0.3, 0.4) is 0 Å². The summed E-state index contributed by atoms with van der Waals surface area (Å²) >= 11 is 0. The second kappa shape index (κ2) is 13.9. The van der Waals surface area contributed by atoms with Gasteiger partial charge in [-0.1, -0.05) is 58.9 Å². The molecule has 10 atom stereocenters. The Balaban J connectivity index is 1.04. The lowest BCUT2D eigenvalue weighted by Crippen LogP contribution is -2.67. The van der Waals surface area contributed by atoms with Crippen molar-refractivity contribution in [3.05, 3.63) is 77.1 Å². The first-order chi connectivity index (χ1) is 25.5. The van der Waals surface area contributed by atoms with Gasteiger partial charge in [0.1, 0.15) is 0 Å². The zero-order valence-corrected chi connectivity index (χ0v) is 33.5. The van der Waals surface area contributed by atoms with E-state index in [1.165, 1.54) is 43.5 Å². The third-order valence-corrected chi connectivity index (χ3v) is 16.9. The van der Waals surface area contributed by atoms with Gasteiger partial charge < -0.3 is 20.8 Å². The zero-order valence-electron chi connectivity index (χ0n) is 33.5. The molecule has 0 aliphatic heterocycles. The molecule has 0 radical (unpaired) electrons. The van der Waals surface area contributed by atoms with Gasteiger partial charge in [-0.25, -0.2) is 4.79 Å². The van der Waals surface area contributed by atoms with Crippen molar-refractivity contribution in [3.63, 3.8) is 0 Å². The number of aliphatic hydroxyl groups excluding tert-OH is 1. The fourth-order valence-corrected chi connectivity index (χ4v) is 13.8. The van der Waals surface area contributed by atoms with Gasteiger partial charge in [-0.15, -0.1) is 0 Å². The molecule has 0 saturated heterocycles. The number of carbonyl (C=O) groups is 3. The second-order valence-corrected chi connectivity index (χ2v) is 19.5. The van der Waals surface area contributed by atoms with Crippen molar-refractivity contribution in [1.82, 2.24) is 15.6 Å². The van der Waals surface area contributed by atoms with E-state index in [1.807, 2.05) is 18.2 Å². The highest BCUT2D eigenvalue weighted by Gasteiger charge is 2.71. The van der Waals surface area contributed by atoms with Crippen molar-refractivity contribution in [3.8, 4) is 0 Å². The van der Waals surface area contributed by atoms with Crippen LogP contribution in [0.5, 0.6) is 0 Å². The highest BCUT2D eigenvalue weighted by atomic mass is 16.4. The molecule has 5 unspecified atom stereocenters. The monoisotopic (exact) mass is 737 g/mol. The van der Waals surface area contributed by atoms with Crippen molar-refractivity contribution >= 4 is 17.8 Å². The summed E-state index contributed by atoms with van der Waals surface area (Å²) in [7, 11) is 0. The maximum atomic E-state index is 14.6. The lowest BCUT2D eigenvalue weighted by Gasteiger charge is -2.72. The topological polar surface area (TPSA) is 129 Å². The molecule has 2 amide bonds. The van der Waals surface area contributed by atoms with Crippen LogP contribution in [0.2, 0.25) is 0 Å². The van der Waals surface area contributed by atoms with Crippen molar-refractivity contribution in [2.75, 3.05) is 6.54 Å². The quantitative estimate of drug-likeness (QED) is 0.192. The summed E-state index contributed by atoms with van der Waals surface area (Å²) in [5, 5.41) is 26.5. The largest absolute Gasteiger partial charge is 0.478 e. The number of carboxylic acids is 1. The van der Waals surface area contributed by atoms with Crippen LogP contribution < -0.4 is 10.6 Å². The number of nitrogens with zero attached hydrogens (tertiary/aromatic N) is 1. The molecule has 5 aliphatic rings. The molecule has 0 spiro atoms. The first kappa shape index (κ1) is 38.7. The molecule has 5 saturated carbocycles. The molecule has 1 aromatic heterocycles. The number of aromatic carboxylic acids is 1. The third-order valence-electron chi connectivity index (χ3n) is 16.9. The van der Waals surface area contributed by atoms with Crippen molar-refractivity contribution in [2.45, 2.75) is 125 Å². The number of allylic oxidation sites excluding steroid dienone is 1. The Morgan fingerprint density at radius 1 is 0.852 bits per heavy atom. The van der Waals surface area contributed by atoms with E-state index < -0.39 is 5.97 Å². The van der Waals surface area contributed by atoms with Gasteiger partial charge in [-0.05, 0) is 159 Å². The van der Waals surface area contributed by atoms with Gasteiger partial charge in [0.25, 0.3) is 5.91 Å². The molecule has 0 bridgehead atoms. The first-order valence-electron chi connectivity index (χ1n) is 20.6. The summed E-state index contributed by atoms with van der Waals surface area (Å²) < 4.78 is 0. The molecule has 2 aromatic rings. The third kappa shape index (κ3) is 6.04. The molecule has 54 heavy (non-hydrogen) atoms. The smallest absolute Gasteiger partial charge is 0.337 e. The summed E-state index contributed by atoms with van der Waals surface area (Å²) in [6, 6.07) is 10.6. The van der Waals surface area contributed by atoms with Crippen LogP contribution in [0.4, 0.5) is 0 Å². The van der Waals surface area contributed by atoms with Crippen molar-refractivity contribution < 1.29 is 24.6 Å². The van der Waals surface area contributed by atoms with Gasteiger partial charge in [0.05, 0.1) is 29.3 Å². The summed E-state index contributed by atoms with van der Waals surface area (Å²) in [4.78, 5) is 42.9. The van der Waals surface area contributed by atoms with Crippen molar-refractivity contribution in [1.29, 1.82) is 0 Å². The lowest BCUT2D eigenvalue weighted by molar-refractivity contribution is -0.246. The number of aliphatic hydroxyl groups is 1. The van der Waals surface area contributed by atoms with Crippen LogP contribution >= 0.6 is 0 Å². The lowest BCUT2D eigenvalue weighted by atomic mass is 9.32. The molecule has 1 heterocycles. The van der Waals surface area contributed by atoms with E-state index in [0.29, 0.717) is 53.8 Å². The normalized spacial score (nSPS) is 37.8. The Morgan fingerprint density at radius 3 is 2.33 bits per heavy atom. The van der Waals surface area contributed by atoms with E-state index in [-0.39, 0.29) is 57.1 Å². The average Bonchev–Trinajstić information content (AvgIpc) is 3.54. The van der Waals surface area contributed by atoms with Crippen LogP contribution in [-0.4, -0.2) is 45.6 Å². The van der Waals surface area contributed by atoms with Crippen molar-refractivity contribution in [2.24, 2.45) is 56.7 Å². The molecule has 8 heteroatoms. The molecule has 5 aliphatic carbocycles. The molecule has 5 fully saturated rings. The number of nitrogens with one attached hydrogen (secondary N) is 2. The summed E-state index contributed by atoms with van der Waals surface area (Å²) in [5.41, 5.74) is 3.55. The number of pyridine rings is 1. The predicted octanol–water partition coefficient (Wildman–Crippen LogP) is 8.39. The fourth-order valence-electron chi connectivity index (χ4n) is 13.8. The number of benzene rings is 1. The molecule has 1 aromatic carbocycles. The molecule has 7 rings (SSSR count). The van der Waals surface area contributed by atoms with Gasteiger partial charge in [0.15, 0.2) is 0 Å². The zero-order chi connectivity index (χ0) is 38.8. The number of hydrogen-bond donors (Lipinski definition) is 4. The minimum absolute atomic E-state index is 0.0623. The average molecular weight is 738 g/mol. The van der Waals surface area contributed by atoms with E-state index in [4.69, 9.17) is 5.11 Å².